The number of ether oxygens (including phenoxy) is 3. The average Bonchev–Trinajstić information content (AvgIpc) is 2.64. The van der Waals surface area contributed by atoms with Crippen molar-refractivity contribution in [3.05, 3.63) is 35.9 Å². The van der Waals surface area contributed by atoms with Gasteiger partial charge in [0.2, 0.25) is 0 Å². The maximum Gasteiger partial charge on any atom is 0.316 e. The molecule has 0 saturated carbocycles. The van der Waals surface area contributed by atoms with E-state index >= 15 is 0 Å². The summed E-state index contributed by atoms with van der Waals surface area (Å²) in [6.07, 6.45) is 1.96. The first-order chi connectivity index (χ1) is 12.4. The summed E-state index contributed by atoms with van der Waals surface area (Å²) in [6, 6.07) is 5.19. The van der Waals surface area contributed by atoms with Gasteiger partial charge >= 0.3 is 5.97 Å². The lowest BCUT2D eigenvalue weighted by molar-refractivity contribution is -0.152. The van der Waals surface area contributed by atoms with E-state index in [0.717, 1.165) is 0 Å². The fourth-order valence-corrected chi connectivity index (χ4v) is 2.85. The van der Waals surface area contributed by atoms with E-state index in [4.69, 9.17) is 14.2 Å². The summed E-state index contributed by atoms with van der Waals surface area (Å²) in [6.45, 7) is 5.30. The Hall–Kier alpha value is -2.05. The molecule has 0 amide bonds. The number of esters is 1. The lowest BCUT2D eigenvalue weighted by Crippen LogP contribution is -2.43. The fraction of sp³-hybridized carbons (Fsp3) is 0.550. The molecule has 3 atom stereocenters. The number of hydrogen-bond donors (Lipinski definition) is 2. The zero-order valence-electron chi connectivity index (χ0n) is 16.2. The summed E-state index contributed by atoms with van der Waals surface area (Å²) in [5.74, 6) is 0.562. The SMILES string of the molecule is C/C=C/C[C@@](C[C@@H](O)[C@@H](C)O)(C(=O)OCC)c1ccc(OC)c(OC)c1. The zero-order chi connectivity index (χ0) is 19.7. The van der Waals surface area contributed by atoms with Crippen LogP contribution in [0.2, 0.25) is 0 Å². The Balaban J connectivity index is 3.55. The molecule has 0 spiro atoms. The number of carbonyl (C=O) groups excluding carboxylic acids is 1. The van der Waals surface area contributed by atoms with Gasteiger partial charge in [0, 0.05) is 0 Å². The molecule has 0 unspecified atom stereocenters. The summed E-state index contributed by atoms with van der Waals surface area (Å²) in [5, 5.41) is 20.1. The van der Waals surface area contributed by atoms with E-state index in [9.17, 15) is 15.0 Å². The predicted molar refractivity (Wildman–Crippen MR) is 99.6 cm³/mol. The molecular weight excluding hydrogens is 336 g/mol. The number of hydrogen-bond acceptors (Lipinski definition) is 6. The van der Waals surface area contributed by atoms with Gasteiger partial charge in [-0.1, -0.05) is 18.2 Å². The van der Waals surface area contributed by atoms with E-state index < -0.39 is 23.6 Å². The predicted octanol–water partition coefficient (Wildman–Crippen LogP) is 2.60. The van der Waals surface area contributed by atoms with E-state index in [0.29, 0.717) is 23.5 Å². The van der Waals surface area contributed by atoms with E-state index in [1.165, 1.54) is 21.1 Å². The smallest absolute Gasteiger partial charge is 0.316 e. The Morgan fingerprint density at radius 3 is 2.38 bits per heavy atom. The van der Waals surface area contributed by atoms with Crippen molar-refractivity contribution in [2.75, 3.05) is 20.8 Å². The van der Waals surface area contributed by atoms with Crippen LogP contribution in [0.25, 0.3) is 0 Å². The van der Waals surface area contributed by atoms with Crippen LogP contribution in [0.4, 0.5) is 0 Å². The van der Waals surface area contributed by atoms with Gasteiger partial charge in [-0.2, -0.15) is 0 Å². The second-order valence-electron chi connectivity index (χ2n) is 6.16. The molecule has 0 radical (unpaired) electrons. The molecule has 1 aromatic rings. The molecule has 0 heterocycles. The number of methoxy groups -OCH3 is 2. The quantitative estimate of drug-likeness (QED) is 0.489. The van der Waals surface area contributed by atoms with Gasteiger partial charge in [0.25, 0.3) is 0 Å². The summed E-state index contributed by atoms with van der Waals surface area (Å²) in [5.41, 5.74) is -0.523. The molecule has 26 heavy (non-hydrogen) atoms. The third-order valence-electron chi connectivity index (χ3n) is 4.42. The van der Waals surface area contributed by atoms with E-state index in [1.54, 1.807) is 25.1 Å². The highest BCUT2D eigenvalue weighted by molar-refractivity contribution is 5.84. The van der Waals surface area contributed by atoms with Crippen molar-refractivity contribution in [1.82, 2.24) is 0 Å². The Morgan fingerprint density at radius 1 is 1.23 bits per heavy atom. The molecule has 0 saturated heterocycles. The van der Waals surface area contributed by atoms with Gasteiger partial charge in [-0.15, -0.1) is 0 Å². The van der Waals surface area contributed by atoms with Gasteiger partial charge in [0.1, 0.15) is 0 Å². The number of carbonyl (C=O) groups is 1. The minimum Gasteiger partial charge on any atom is -0.493 e. The van der Waals surface area contributed by atoms with Gasteiger partial charge in [-0.25, -0.2) is 0 Å². The molecule has 0 aromatic heterocycles. The van der Waals surface area contributed by atoms with E-state index in [1.807, 2.05) is 19.1 Å². The van der Waals surface area contributed by atoms with Crippen molar-refractivity contribution in [2.24, 2.45) is 0 Å². The van der Waals surface area contributed by atoms with Crippen molar-refractivity contribution in [2.45, 2.75) is 51.2 Å². The third kappa shape index (κ3) is 4.99. The van der Waals surface area contributed by atoms with Crippen LogP contribution in [0.1, 0.15) is 39.2 Å². The topological polar surface area (TPSA) is 85.2 Å². The van der Waals surface area contributed by atoms with Crippen LogP contribution in [0, 0.1) is 0 Å². The molecule has 0 aliphatic carbocycles. The highest BCUT2D eigenvalue weighted by Crippen LogP contribution is 2.40. The van der Waals surface area contributed by atoms with Crippen molar-refractivity contribution < 1.29 is 29.2 Å². The van der Waals surface area contributed by atoms with Crippen LogP contribution in [-0.4, -0.2) is 49.2 Å². The van der Waals surface area contributed by atoms with Crippen LogP contribution in [0.15, 0.2) is 30.4 Å². The van der Waals surface area contributed by atoms with Crippen molar-refractivity contribution >= 4 is 5.97 Å². The lowest BCUT2D eigenvalue weighted by atomic mass is 9.72. The molecule has 1 rings (SSSR count). The van der Waals surface area contributed by atoms with Gasteiger partial charge in [-0.3, -0.25) is 4.79 Å². The molecular formula is C20H30O6. The summed E-state index contributed by atoms with van der Waals surface area (Å²) in [4.78, 5) is 13.0. The third-order valence-corrected chi connectivity index (χ3v) is 4.42. The van der Waals surface area contributed by atoms with Crippen molar-refractivity contribution in [1.29, 1.82) is 0 Å². The summed E-state index contributed by atoms with van der Waals surface area (Å²) < 4.78 is 16.0. The number of rotatable bonds is 10. The maximum absolute atomic E-state index is 13.0. The first-order valence-corrected chi connectivity index (χ1v) is 8.73. The van der Waals surface area contributed by atoms with Crippen LogP contribution in [0.3, 0.4) is 0 Å². The Bertz CT molecular complexity index is 610. The Labute approximate surface area is 155 Å². The molecule has 0 aliphatic heterocycles. The normalized spacial score (nSPS) is 16.0. The van der Waals surface area contributed by atoms with Crippen LogP contribution < -0.4 is 9.47 Å². The molecule has 1 aromatic carbocycles. The summed E-state index contributed by atoms with van der Waals surface area (Å²) >= 11 is 0. The van der Waals surface area contributed by atoms with Crippen molar-refractivity contribution in [3.8, 4) is 11.5 Å². The fourth-order valence-electron chi connectivity index (χ4n) is 2.85. The molecule has 2 N–H and O–H groups in total. The largest absolute Gasteiger partial charge is 0.493 e. The summed E-state index contributed by atoms with van der Waals surface area (Å²) in [7, 11) is 3.05. The van der Waals surface area contributed by atoms with Crippen LogP contribution in [0.5, 0.6) is 11.5 Å². The van der Waals surface area contributed by atoms with Gasteiger partial charge in [0.05, 0.1) is 38.4 Å². The lowest BCUT2D eigenvalue weighted by Gasteiger charge is -2.34. The van der Waals surface area contributed by atoms with Gasteiger partial charge in [-0.05, 0) is 51.3 Å². The molecule has 6 nitrogen and oxygen atoms in total. The molecule has 0 fully saturated rings. The molecule has 146 valence electrons. The Kier molecular flexibility index (Phi) is 8.61. The van der Waals surface area contributed by atoms with E-state index in [2.05, 4.69) is 0 Å². The van der Waals surface area contributed by atoms with Crippen LogP contribution in [-0.2, 0) is 14.9 Å². The van der Waals surface area contributed by atoms with Gasteiger partial charge < -0.3 is 24.4 Å². The monoisotopic (exact) mass is 366 g/mol. The maximum atomic E-state index is 13.0. The molecule has 6 heteroatoms. The standard InChI is InChI=1S/C20H30O6/c1-6-8-11-20(19(23)26-7-2,13-16(22)14(3)21)15-9-10-17(24-4)18(12-15)25-5/h6,8-10,12,14,16,21-22H,7,11,13H2,1-5H3/b8-6+/t14-,16-,20+/m1/s1. The first-order valence-electron chi connectivity index (χ1n) is 8.73. The molecule has 0 bridgehead atoms. The minimum absolute atomic E-state index is 0.0172. The molecule has 0 aliphatic rings. The highest BCUT2D eigenvalue weighted by Gasteiger charge is 2.43. The number of benzene rings is 1. The number of aliphatic hydroxyl groups is 2. The number of allylic oxidation sites excluding steroid dienone is 2. The average molecular weight is 366 g/mol. The van der Waals surface area contributed by atoms with Crippen LogP contribution >= 0.6 is 0 Å². The first kappa shape index (κ1) is 22.0. The van der Waals surface area contributed by atoms with E-state index in [-0.39, 0.29) is 13.0 Å². The minimum atomic E-state index is -1.15. The second kappa shape index (κ2) is 10.2. The van der Waals surface area contributed by atoms with Gasteiger partial charge in [0.15, 0.2) is 11.5 Å². The second-order valence-corrected chi connectivity index (χ2v) is 6.16. The zero-order valence-corrected chi connectivity index (χ0v) is 16.2. The number of aliphatic hydroxyl groups excluding tert-OH is 2. The van der Waals surface area contributed by atoms with Crippen molar-refractivity contribution in [3.63, 3.8) is 0 Å². The Morgan fingerprint density at radius 2 is 1.88 bits per heavy atom. The highest BCUT2D eigenvalue weighted by atomic mass is 16.5.